The van der Waals surface area contributed by atoms with Crippen LogP contribution in [-0.4, -0.2) is 5.11 Å². The molecular formula is C6H11NO. The zero-order valence-corrected chi connectivity index (χ0v) is 5.23. The van der Waals surface area contributed by atoms with Crippen LogP contribution < -0.4 is 5.73 Å². The van der Waals surface area contributed by atoms with Crippen LogP contribution in [0.3, 0.4) is 0 Å². The Hall–Kier alpha value is -0.920. The second-order valence-electron chi connectivity index (χ2n) is 1.81. The van der Waals surface area contributed by atoms with Crippen LogP contribution in [0.4, 0.5) is 0 Å². The van der Waals surface area contributed by atoms with E-state index >= 15 is 0 Å². The number of hydrogen-bond donors (Lipinski definition) is 2. The Kier molecular flexibility index (Phi) is 2.13. The molecule has 0 fully saturated rings. The Morgan fingerprint density at radius 2 is 1.88 bits per heavy atom. The number of rotatable bonds is 1. The molecule has 2 nitrogen and oxygen atoms in total. The Morgan fingerprint density at radius 1 is 1.50 bits per heavy atom. The summed E-state index contributed by atoms with van der Waals surface area (Å²) < 4.78 is 0. The van der Waals surface area contributed by atoms with Crippen LogP contribution in [0.2, 0.25) is 0 Å². The third-order valence-corrected chi connectivity index (χ3v) is 0.778. The van der Waals surface area contributed by atoms with Gasteiger partial charge in [0.15, 0.2) is 0 Å². The topological polar surface area (TPSA) is 46.2 Å². The van der Waals surface area contributed by atoms with Gasteiger partial charge in [0, 0.05) is 5.70 Å². The Bertz CT molecular complexity index is 131. The highest BCUT2D eigenvalue weighted by molar-refractivity contribution is 5.21. The summed E-state index contributed by atoms with van der Waals surface area (Å²) in [4.78, 5) is 0. The maximum Gasteiger partial charge on any atom is 0.136 e. The van der Waals surface area contributed by atoms with Crippen molar-refractivity contribution in [3.63, 3.8) is 0 Å². The summed E-state index contributed by atoms with van der Waals surface area (Å²) in [5.41, 5.74) is 6.22. The lowest BCUT2D eigenvalue weighted by Gasteiger charge is -1.97. The average Bonchev–Trinajstić information content (AvgIpc) is 1.64. The molecule has 0 atom stereocenters. The van der Waals surface area contributed by atoms with E-state index in [2.05, 4.69) is 6.58 Å². The second kappa shape index (κ2) is 2.40. The molecule has 8 heavy (non-hydrogen) atoms. The molecule has 0 aliphatic heterocycles. The first-order valence-corrected chi connectivity index (χ1v) is 2.37. The molecule has 0 aromatic heterocycles. The smallest absolute Gasteiger partial charge is 0.136 e. The highest BCUT2D eigenvalue weighted by Crippen LogP contribution is 2.03. The lowest BCUT2D eigenvalue weighted by Crippen LogP contribution is -1.97. The standard InChI is InChI=1S/C6H11NO/c1-4(2)6(8)5(3)7/h8H,1,7H2,2-3H3/b6-5-. The van der Waals surface area contributed by atoms with Crippen molar-refractivity contribution < 1.29 is 5.11 Å². The van der Waals surface area contributed by atoms with Crippen molar-refractivity contribution in [1.29, 1.82) is 0 Å². The molecule has 0 saturated heterocycles. The van der Waals surface area contributed by atoms with Gasteiger partial charge in [-0.3, -0.25) is 0 Å². The van der Waals surface area contributed by atoms with E-state index in [0.29, 0.717) is 11.3 Å². The van der Waals surface area contributed by atoms with E-state index < -0.39 is 0 Å². The fraction of sp³-hybridized carbons (Fsp3) is 0.333. The second-order valence-corrected chi connectivity index (χ2v) is 1.81. The van der Waals surface area contributed by atoms with Crippen molar-refractivity contribution >= 4 is 0 Å². The van der Waals surface area contributed by atoms with Crippen LogP contribution in [0.1, 0.15) is 13.8 Å². The minimum atomic E-state index is 0.102. The molecule has 46 valence electrons. The molecule has 0 heterocycles. The average molecular weight is 113 g/mol. The van der Waals surface area contributed by atoms with Gasteiger partial charge < -0.3 is 10.8 Å². The third kappa shape index (κ3) is 1.69. The number of allylic oxidation sites excluding steroid dienone is 2. The molecule has 3 N–H and O–H groups in total. The maximum atomic E-state index is 8.86. The fourth-order valence-corrected chi connectivity index (χ4v) is 0.337. The van der Waals surface area contributed by atoms with E-state index in [-0.39, 0.29) is 5.76 Å². The predicted octanol–water partition coefficient (Wildman–Crippen LogP) is 1.31. The lowest BCUT2D eigenvalue weighted by molar-refractivity contribution is 0.416. The van der Waals surface area contributed by atoms with Crippen LogP contribution >= 0.6 is 0 Å². The van der Waals surface area contributed by atoms with Crippen molar-refractivity contribution in [3.8, 4) is 0 Å². The summed E-state index contributed by atoms with van der Waals surface area (Å²) in [6.07, 6.45) is 0. The molecule has 0 bridgehead atoms. The van der Waals surface area contributed by atoms with E-state index in [1.165, 1.54) is 0 Å². The summed E-state index contributed by atoms with van der Waals surface area (Å²) >= 11 is 0. The van der Waals surface area contributed by atoms with E-state index in [1.807, 2.05) is 0 Å². The van der Waals surface area contributed by atoms with E-state index in [1.54, 1.807) is 13.8 Å². The Morgan fingerprint density at radius 3 is 1.88 bits per heavy atom. The summed E-state index contributed by atoms with van der Waals surface area (Å²) in [7, 11) is 0. The van der Waals surface area contributed by atoms with Crippen molar-refractivity contribution in [1.82, 2.24) is 0 Å². The quantitative estimate of drug-likeness (QED) is 0.398. The maximum absolute atomic E-state index is 8.86. The number of nitrogens with two attached hydrogens (primary N) is 1. The summed E-state index contributed by atoms with van der Waals surface area (Å²) in [6, 6.07) is 0. The molecule has 0 spiro atoms. The highest BCUT2D eigenvalue weighted by Gasteiger charge is 1.93. The number of aliphatic hydroxyl groups excluding tert-OH is 1. The van der Waals surface area contributed by atoms with E-state index in [0.717, 1.165) is 0 Å². The molecule has 0 radical (unpaired) electrons. The summed E-state index contributed by atoms with van der Waals surface area (Å²) in [6.45, 7) is 6.82. The zero-order valence-electron chi connectivity index (χ0n) is 5.23. The van der Waals surface area contributed by atoms with Gasteiger partial charge in [-0.05, 0) is 19.4 Å². The minimum absolute atomic E-state index is 0.102. The van der Waals surface area contributed by atoms with Gasteiger partial charge in [-0.15, -0.1) is 0 Å². The van der Waals surface area contributed by atoms with Crippen molar-refractivity contribution in [2.45, 2.75) is 13.8 Å². The third-order valence-electron chi connectivity index (χ3n) is 0.778. The first-order valence-electron chi connectivity index (χ1n) is 2.37. The minimum Gasteiger partial charge on any atom is -0.506 e. The molecule has 0 rings (SSSR count). The molecule has 0 aliphatic carbocycles. The van der Waals surface area contributed by atoms with Crippen LogP contribution in [0.25, 0.3) is 0 Å². The molecule has 0 saturated carbocycles. The van der Waals surface area contributed by atoms with Crippen LogP contribution in [-0.2, 0) is 0 Å². The molecule has 0 aliphatic rings. The predicted molar refractivity (Wildman–Crippen MR) is 34.3 cm³/mol. The SMILES string of the molecule is C=C(C)/C(O)=C(\C)N. The van der Waals surface area contributed by atoms with Gasteiger partial charge in [0.05, 0.1) is 0 Å². The Balaban J connectivity index is 4.23. The van der Waals surface area contributed by atoms with Gasteiger partial charge in [-0.25, -0.2) is 0 Å². The van der Waals surface area contributed by atoms with Gasteiger partial charge in [0.25, 0.3) is 0 Å². The monoisotopic (exact) mass is 113 g/mol. The number of aliphatic hydroxyl groups is 1. The van der Waals surface area contributed by atoms with Gasteiger partial charge in [-0.1, -0.05) is 6.58 Å². The van der Waals surface area contributed by atoms with Crippen LogP contribution in [0.15, 0.2) is 23.6 Å². The zero-order chi connectivity index (χ0) is 6.73. The first kappa shape index (κ1) is 7.08. The molecule has 0 aromatic carbocycles. The summed E-state index contributed by atoms with van der Waals surface area (Å²) in [5, 5.41) is 8.86. The molecule has 0 amide bonds. The van der Waals surface area contributed by atoms with Gasteiger partial charge in [0.1, 0.15) is 5.76 Å². The normalized spacial score (nSPS) is 12.8. The number of hydrogen-bond acceptors (Lipinski definition) is 2. The van der Waals surface area contributed by atoms with Gasteiger partial charge in [0.2, 0.25) is 0 Å². The van der Waals surface area contributed by atoms with E-state index in [9.17, 15) is 0 Å². The largest absolute Gasteiger partial charge is 0.506 e. The van der Waals surface area contributed by atoms with Crippen molar-refractivity contribution in [3.05, 3.63) is 23.6 Å². The lowest BCUT2D eigenvalue weighted by atomic mass is 10.2. The fourth-order valence-electron chi connectivity index (χ4n) is 0.337. The van der Waals surface area contributed by atoms with Crippen LogP contribution in [0, 0.1) is 0 Å². The molecule has 0 unspecified atom stereocenters. The highest BCUT2D eigenvalue weighted by atomic mass is 16.3. The van der Waals surface area contributed by atoms with Gasteiger partial charge in [-0.2, -0.15) is 0 Å². The van der Waals surface area contributed by atoms with Crippen LogP contribution in [0.5, 0.6) is 0 Å². The molecular weight excluding hydrogens is 102 g/mol. The Labute approximate surface area is 49.3 Å². The molecule has 0 aromatic rings. The van der Waals surface area contributed by atoms with Crippen molar-refractivity contribution in [2.24, 2.45) is 5.73 Å². The van der Waals surface area contributed by atoms with E-state index in [4.69, 9.17) is 10.8 Å². The summed E-state index contributed by atoms with van der Waals surface area (Å²) in [5.74, 6) is 0.102. The first-order chi connectivity index (χ1) is 3.55. The van der Waals surface area contributed by atoms with Gasteiger partial charge >= 0.3 is 0 Å². The van der Waals surface area contributed by atoms with Crippen molar-refractivity contribution in [2.75, 3.05) is 0 Å². The molecule has 2 heteroatoms.